The molecule has 0 bridgehead atoms. The van der Waals surface area contributed by atoms with Gasteiger partial charge >= 0.3 is 0 Å². The predicted molar refractivity (Wildman–Crippen MR) is 78.0 cm³/mol. The van der Waals surface area contributed by atoms with E-state index in [2.05, 4.69) is 50.4 Å². The first-order valence-corrected chi connectivity index (χ1v) is 7.17. The number of aliphatic imine (C=N–C) groups is 1. The van der Waals surface area contributed by atoms with E-state index >= 15 is 0 Å². The number of rotatable bonds is 2. The summed E-state index contributed by atoms with van der Waals surface area (Å²) in [4.78, 5) is 4.84. The lowest BCUT2D eigenvalue weighted by Gasteiger charge is -2.29. The van der Waals surface area contributed by atoms with Crippen LogP contribution in [-0.4, -0.2) is 16.5 Å². The second-order valence-electron chi connectivity index (χ2n) is 4.81. The molecular weight excluding hydrogens is 228 g/mol. The molecule has 0 amide bonds. The van der Waals surface area contributed by atoms with E-state index in [9.17, 15) is 0 Å². The van der Waals surface area contributed by atoms with Crippen LogP contribution in [0.4, 0.5) is 5.69 Å². The Hall–Kier alpha value is -0.960. The number of amidine groups is 1. The fraction of sp³-hybridized carbons (Fsp3) is 0.500. The van der Waals surface area contributed by atoms with Gasteiger partial charge in [0.2, 0.25) is 0 Å². The van der Waals surface area contributed by atoms with Gasteiger partial charge in [0.25, 0.3) is 0 Å². The molecule has 1 aromatic carbocycles. The Morgan fingerprint density at radius 3 is 2.88 bits per heavy atom. The number of thioether (sulfide) groups is 1. The molecule has 0 saturated carbocycles. The van der Waals surface area contributed by atoms with Gasteiger partial charge in [0.15, 0.2) is 5.17 Å². The summed E-state index contributed by atoms with van der Waals surface area (Å²) in [5.74, 6) is 1.15. The standard InChI is InChI=1S/C14H20N2S/c1-4-14(3)9-10-17-13(16-14)15-12-8-6-5-7-11(12)2/h5-8H,4,9-10H2,1-3H3,(H,15,16). The number of hydrogen-bond acceptors (Lipinski definition) is 3. The molecular formula is C14H20N2S. The molecule has 2 rings (SSSR count). The average molecular weight is 248 g/mol. The lowest BCUT2D eigenvalue weighted by atomic mass is 9.97. The summed E-state index contributed by atoms with van der Waals surface area (Å²) >= 11 is 1.82. The van der Waals surface area contributed by atoms with Gasteiger partial charge in [-0.15, -0.1) is 0 Å². The number of aryl methyl sites for hydroxylation is 1. The zero-order chi connectivity index (χ0) is 12.3. The van der Waals surface area contributed by atoms with E-state index in [-0.39, 0.29) is 5.54 Å². The monoisotopic (exact) mass is 248 g/mol. The minimum absolute atomic E-state index is 0.121. The highest BCUT2D eigenvalue weighted by Gasteiger charge is 2.25. The van der Waals surface area contributed by atoms with E-state index in [1.165, 1.54) is 17.7 Å². The molecule has 17 heavy (non-hydrogen) atoms. The van der Waals surface area contributed by atoms with Crippen LogP contribution in [-0.2, 0) is 0 Å². The highest BCUT2D eigenvalue weighted by Crippen LogP contribution is 2.30. The van der Waals surface area contributed by atoms with Gasteiger partial charge in [-0.25, -0.2) is 0 Å². The molecule has 2 nitrogen and oxygen atoms in total. The third kappa shape index (κ3) is 3.03. The topological polar surface area (TPSA) is 24.4 Å². The summed E-state index contributed by atoms with van der Waals surface area (Å²) < 4.78 is 0. The van der Waals surface area contributed by atoms with Crippen molar-refractivity contribution < 1.29 is 0 Å². The lowest BCUT2D eigenvalue weighted by molar-refractivity contribution is 0.443. The van der Waals surface area contributed by atoms with Crippen molar-refractivity contribution in [2.45, 2.75) is 39.2 Å². The van der Waals surface area contributed by atoms with Gasteiger partial charge in [0.05, 0.1) is 5.54 Å². The van der Waals surface area contributed by atoms with Gasteiger partial charge in [0, 0.05) is 11.4 Å². The molecule has 1 unspecified atom stereocenters. The Morgan fingerprint density at radius 2 is 2.18 bits per heavy atom. The summed E-state index contributed by atoms with van der Waals surface area (Å²) in [5.41, 5.74) is 2.55. The molecule has 1 heterocycles. The van der Waals surface area contributed by atoms with Crippen molar-refractivity contribution in [2.75, 3.05) is 11.1 Å². The second-order valence-corrected chi connectivity index (χ2v) is 5.89. The van der Waals surface area contributed by atoms with Crippen LogP contribution in [0, 0.1) is 6.92 Å². The number of hydrogen-bond donors (Lipinski definition) is 1. The maximum absolute atomic E-state index is 4.84. The largest absolute Gasteiger partial charge is 0.335 e. The first-order chi connectivity index (χ1) is 8.13. The highest BCUT2D eigenvalue weighted by atomic mass is 32.2. The molecule has 0 radical (unpaired) electrons. The normalized spacial score (nSPS) is 24.3. The second kappa shape index (κ2) is 5.13. The molecule has 0 fully saturated rings. The van der Waals surface area contributed by atoms with Crippen molar-refractivity contribution in [3.05, 3.63) is 29.8 Å². The minimum atomic E-state index is 0.121. The van der Waals surface area contributed by atoms with E-state index in [0.29, 0.717) is 0 Å². The fourth-order valence-corrected chi connectivity index (χ4v) is 3.05. The van der Waals surface area contributed by atoms with Gasteiger partial charge in [-0.05, 0) is 38.3 Å². The van der Waals surface area contributed by atoms with Gasteiger partial charge in [-0.2, -0.15) is 0 Å². The third-order valence-corrected chi connectivity index (χ3v) is 4.27. The zero-order valence-electron chi connectivity index (χ0n) is 10.8. The summed E-state index contributed by atoms with van der Waals surface area (Å²) in [5, 5.41) is 4.52. The van der Waals surface area contributed by atoms with Gasteiger partial charge in [-0.3, -0.25) is 4.99 Å². The fourth-order valence-electron chi connectivity index (χ4n) is 1.85. The van der Waals surface area contributed by atoms with Gasteiger partial charge in [0.1, 0.15) is 0 Å². The number of para-hydroxylation sites is 1. The summed E-state index contributed by atoms with van der Waals surface area (Å²) in [6, 6.07) is 8.35. The Morgan fingerprint density at radius 1 is 1.41 bits per heavy atom. The minimum Gasteiger partial charge on any atom is -0.335 e. The number of nitrogens with one attached hydrogen (secondary N) is 1. The van der Waals surface area contributed by atoms with Crippen LogP contribution in [0.25, 0.3) is 0 Å². The lowest BCUT2D eigenvalue weighted by Crippen LogP contribution is -2.29. The Labute approximate surface area is 108 Å². The molecule has 1 aliphatic heterocycles. The summed E-state index contributed by atoms with van der Waals surface area (Å²) in [6.07, 6.45) is 2.28. The van der Waals surface area contributed by atoms with Crippen molar-refractivity contribution >= 4 is 22.6 Å². The van der Waals surface area contributed by atoms with Crippen LogP contribution in [0.5, 0.6) is 0 Å². The van der Waals surface area contributed by atoms with E-state index in [4.69, 9.17) is 4.99 Å². The highest BCUT2D eigenvalue weighted by molar-refractivity contribution is 8.14. The van der Waals surface area contributed by atoms with Crippen molar-refractivity contribution in [1.82, 2.24) is 0 Å². The third-order valence-electron chi connectivity index (χ3n) is 3.40. The van der Waals surface area contributed by atoms with Crippen LogP contribution in [0.15, 0.2) is 29.3 Å². The first-order valence-electron chi connectivity index (χ1n) is 6.18. The molecule has 0 aliphatic carbocycles. The van der Waals surface area contributed by atoms with Gasteiger partial charge < -0.3 is 5.32 Å². The van der Waals surface area contributed by atoms with Crippen molar-refractivity contribution in [2.24, 2.45) is 4.99 Å². The number of nitrogens with zero attached hydrogens (tertiary/aromatic N) is 1. The Bertz CT molecular complexity index is 428. The van der Waals surface area contributed by atoms with E-state index in [1.54, 1.807) is 0 Å². The average Bonchev–Trinajstić information content (AvgIpc) is 2.32. The van der Waals surface area contributed by atoms with Gasteiger partial charge in [-0.1, -0.05) is 36.9 Å². The van der Waals surface area contributed by atoms with Crippen LogP contribution in [0.2, 0.25) is 0 Å². The van der Waals surface area contributed by atoms with E-state index in [1.807, 2.05) is 11.8 Å². The molecule has 1 atom stereocenters. The molecule has 1 aliphatic rings. The van der Waals surface area contributed by atoms with Crippen LogP contribution < -0.4 is 5.32 Å². The van der Waals surface area contributed by atoms with Crippen molar-refractivity contribution in [1.29, 1.82) is 0 Å². The molecule has 92 valence electrons. The molecule has 3 heteroatoms. The molecule has 1 aromatic rings. The molecule has 1 N–H and O–H groups in total. The predicted octanol–water partition coefficient (Wildman–Crippen LogP) is 4.07. The molecule has 0 spiro atoms. The van der Waals surface area contributed by atoms with E-state index < -0.39 is 0 Å². The first kappa shape index (κ1) is 12.5. The van der Waals surface area contributed by atoms with Crippen LogP contribution >= 0.6 is 11.8 Å². The smallest absolute Gasteiger partial charge is 0.161 e. The number of benzene rings is 1. The SMILES string of the molecule is CCC1(C)CCSC(Nc2ccccc2C)=N1. The maximum atomic E-state index is 4.84. The van der Waals surface area contributed by atoms with Crippen molar-refractivity contribution in [3.63, 3.8) is 0 Å². The Balaban J connectivity index is 2.17. The van der Waals surface area contributed by atoms with E-state index in [0.717, 1.165) is 17.3 Å². The summed E-state index contributed by atoms with van der Waals surface area (Å²) in [7, 11) is 0. The molecule has 0 aromatic heterocycles. The summed E-state index contributed by atoms with van der Waals surface area (Å²) in [6.45, 7) is 6.58. The van der Waals surface area contributed by atoms with Crippen LogP contribution in [0.1, 0.15) is 32.3 Å². The molecule has 0 saturated heterocycles. The number of anilines is 1. The van der Waals surface area contributed by atoms with Crippen molar-refractivity contribution in [3.8, 4) is 0 Å². The van der Waals surface area contributed by atoms with Crippen LogP contribution in [0.3, 0.4) is 0 Å². The maximum Gasteiger partial charge on any atom is 0.161 e. The quantitative estimate of drug-likeness (QED) is 0.853. The zero-order valence-corrected chi connectivity index (χ0v) is 11.6. The Kier molecular flexibility index (Phi) is 3.77.